The molecule has 3 rings (SSSR count). The van der Waals surface area contributed by atoms with E-state index in [4.69, 9.17) is 5.73 Å². The lowest BCUT2D eigenvalue weighted by molar-refractivity contribution is -0.119. The van der Waals surface area contributed by atoms with Crippen molar-refractivity contribution in [2.75, 3.05) is 23.3 Å². The van der Waals surface area contributed by atoms with Crippen molar-refractivity contribution in [3.8, 4) is 6.07 Å². The molecule has 1 unspecified atom stereocenters. The van der Waals surface area contributed by atoms with Crippen molar-refractivity contribution in [3.05, 3.63) is 59.7 Å². The Kier molecular flexibility index (Phi) is 7.85. The van der Waals surface area contributed by atoms with E-state index in [1.165, 1.54) is 6.92 Å². The number of likely N-dealkylation sites (tertiary alicyclic amines) is 1. The Morgan fingerprint density at radius 1 is 1.22 bits per heavy atom. The van der Waals surface area contributed by atoms with Gasteiger partial charge in [0.25, 0.3) is 0 Å². The number of hydrogen-bond donors (Lipinski definition) is 2. The third-order valence-electron chi connectivity index (χ3n) is 5.99. The summed E-state index contributed by atoms with van der Waals surface area (Å²) < 4.78 is 0. The molecule has 1 fully saturated rings. The maximum atomic E-state index is 11.4. The summed E-state index contributed by atoms with van der Waals surface area (Å²) in [6, 6.07) is 18.3. The van der Waals surface area contributed by atoms with Gasteiger partial charge >= 0.3 is 0 Å². The van der Waals surface area contributed by atoms with Gasteiger partial charge in [-0.25, -0.2) is 0 Å². The number of anilines is 2. The Balaban J connectivity index is 1.78. The van der Waals surface area contributed by atoms with Crippen molar-refractivity contribution < 1.29 is 9.59 Å². The summed E-state index contributed by atoms with van der Waals surface area (Å²) in [7, 11) is 0. The fraction of sp³-hybridized carbons (Fsp3) is 0.400. The van der Waals surface area contributed by atoms with Crippen molar-refractivity contribution in [1.82, 2.24) is 4.90 Å². The van der Waals surface area contributed by atoms with Gasteiger partial charge < -0.3 is 16.0 Å². The number of primary amides is 1. The quantitative estimate of drug-likeness (QED) is 0.665. The third-order valence-corrected chi connectivity index (χ3v) is 5.99. The van der Waals surface area contributed by atoms with Crippen molar-refractivity contribution in [2.24, 2.45) is 5.73 Å². The summed E-state index contributed by atoms with van der Waals surface area (Å²) in [5.41, 5.74) is 8.96. The zero-order valence-corrected chi connectivity index (χ0v) is 18.8. The molecule has 1 aliphatic rings. The number of rotatable bonds is 8. The number of nitrogens with one attached hydrogen (secondary N) is 1. The van der Waals surface area contributed by atoms with Crippen LogP contribution in [0, 0.1) is 11.3 Å². The Morgan fingerprint density at radius 3 is 2.50 bits per heavy atom. The second-order valence-electron chi connectivity index (χ2n) is 8.45. The van der Waals surface area contributed by atoms with Gasteiger partial charge in [-0.15, -0.1) is 0 Å². The molecule has 0 spiro atoms. The minimum Gasteiger partial charge on any atom is -0.370 e. The molecule has 3 N–H and O–H groups in total. The van der Waals surface area contributed by atoms with Crippen LogP contribution in [0.25, 0.3) is 0 Å². The average molecular weight is 434 g/mol. The number of benzene rings is 2. The zero-order valence-electron chi connectivity index (χ0n) is 18.8. The maximum Gasteiger partial charge on any atom is 0.221 e. The summed E-state index contributed by atoms with van der Waals surface area (Å²) in [4.78, 5) is 27.4. The fourth-order valence-corrected chi connectivity index (χ4v) is 4.37. The van der Waals surface area contributed by atoms with Crippen LogP contribution in [0.4, 0.5) is 11.4 Å². The van der Waals surface area contributed by atoms with Crippen LogP contribution in [0.3, 0.4) is 0 Å². The van der Waals surface area contributed by atoms with Crippen LogP contribution in [-0.4, -0.2) is 41.9 Å². The van der Waals surface area contributed by atoms with E-state index in [0.29, 0.717) is 24.6 Å². The van der Waals surface area contributed by atoms with Gasteiger partial charge in [0, 0.05) is 56.4 Å². The highest BCUT2D eigenvalue weighted by Crippen LogP contribution is 2.28. The molecule has 7 nitrogen and oxygen atoms in total. The Labute approximate surface area is 189 Å². The van der Waals surface area contributed by atoms with Gasteiger partial charge in [0.2, 0.25) is 11.8 Å². The molecule has 0 bridgehead atoms. The van der Waals surface area contributed by atoms with Gasteiger partial charge in [0.15, 0.2) is 0 Å². The van der Waals surface area contributed by atoms with Crippen molar-refractivity contribution >= 4 is 23.2 Å². The average Bonchev–Trinajstić information content (AvgIpc) is 2.77. The van der Waals surface area contributed by atoms with E-state index < -0.39 is 0 Å². The second-order valence-corrected chi connectivity index (χ2v) is 8.45. The van der Waals surface area contributed by atoms with Gasteiger partial charge in [-0.3, -0.25) is 14.5 Å². The molecule has 7 heteroatoms. The van der Waals surface area contributed by atoms with Gasteiger partial charge in [-0.1, -0.05) is 12.1 Å². The molecule has 1 aliphatic heterocycles. The summed E-state index contributed by atoms with van der Waals surface area (Å²) in [6.07, 6.45) is 2.31. The van der Waals surface area contributed by atoms with Gasteiger partial charge in [0.05, 0.1) is 11.6 Å². The normalized spacial score (nSPS) is 15.5. The second kappa shape index (κ2) is 10.8. The molecular weight excluding hydrogens is 402 g/mol. The smallest absolute Gasteiger partial charge is 0.221 e. The standard InChI is InChI=1S/C25H31N5O2/c1-18(14-25(27)32)29-12-10-24(11-13-29)30(17-21-5-3-4-20(15-21)16-26)23-8-6-22(7-9-23)28-19(2)31/h3-9,15,18,24H,10-14,17H2,1-2H3,(H2,27,32)(H,28,31). The minimum atomic E-state index is -0.266. The van der Waals surface area contributed by atoms with Gasteiger partial charge in [0.1, 0.15) is 0 Å². The van der Waals surface area contributed by atoms with E-state index in [2.05, 4.69) is 28.1 Å². The maximum absolute atomic E-state index is 11.4. The first-order valence-corrected chi connectivity index (χ1v) is 11.0. The molecular formula is C25H31N5O2. The first-order chi connectivity index (χ1) is 15.4. The number of amides is 2. The van der Waals surface area contributed by atoms with Crippen LogP contribution >= 0.6 is 0 Å². The van der Waals surface area contributed by atoms with Crippen LogP contribution in [0.2, 0.25) is 0 Å². The zero-order chi connectivity index (χ0) is 23.1. The van der Waals surface area contributed by atoms with Crippen LogP contribution in [0.15, 0.2) is 48.5 Å². The Morgan fingerprint density at radius 2 is 1.91 bits per heavy atom. The SMILES string of the molecule is CC(=O)Nc1ccc(N(Cc2cccc(C#N)c2)C2CCN(C(C)CC(N)=O)CC2)cc1. The molecule has 0 saturated carbocycles. The van der Waals surface area contributed by atoms with E-state index in [1.54, 1.807) is 0 Å². The molecule has 32 heavy (non-hydrogen) atoms. The number of carbonyl (C=O) groups excluding carboxylic acids is 2. The lowest BCUT2D eigenvalue weighted by atomic mass is 9.99. The molecule has 0 aliphatic carbocycles. The van der Waals surface area contributed by atoms with E-state index in [0.717, 1.165) is 42.9 Å². The topological polar surface area (TPSA) is 102 Å². The number of nitriles is 1. The monoisotopic (exact) mass is 433 g/mol. The van der Waals surface area contributed by atoms with Crippen molar-refractivity contribution in [2.45, 2.75) is 51.7 Å². The lowest BCUT2D eigenvalue weighted by Crippen LogP contribution is -2.48. The van der Waals surface area contributed by atoms with Crippen LogP contribution in [0.1, 0.15) is 44.2 Å². The predicted octanol–water partition coefficient (Wildman–Crippen LogP) is 3.25. The summed E-state index contributed by atoms with van der Waals surface area (Å²) >= 11 is 0. The number of carbonyl (C=O) groups is 2. The van der Waals surface area contributed by atoms with Crippen molar-refractivity contribution in [3.63, 3.8) is 0 Å². The molecule has 2 aromatic carbocycles. The molecule has 168 valence electrons. The van der Waals surface area contributed by atoms with E-state index in [-0.39, 0.29) is 17.9 Å². The van der Waals surface area contributed by atoms with E-state index in [1.807, 2.05) is 48.5 Å². The summed E-state index contributed by atoms with van der Waals surface area (Å²) in [5.74, 6) is -0.363. The fourth-order valence-electron chi connectivity index (χ4n) is 4.37. The minimum absolute atomic E-state index is 0.0969. The Bertz CT molecular complexity index is 975. The summed E-state index contributed by atoms with van der Waals surface area (Å²) in [6.45, 7) is 6.04. The number of nitrogens with zero attached hydrogens (tertiary/aromatic N) is 3. The molecule has 0 aromatic heterocycles. The van der Waals surface area contributed by atoms with Crippen LogP contribution in [-0.2, 0) is 16.1 Å². The first-order valence-electron chi connectivity index (χ1n) is 11.0. The lowest BCUT2D eigenvalue weighted by Gasteiger charge is -2.41. The number of hydrogen-bond acceptors (Lipinski definition) is 5. The molecule has 1 heterocycles. The van der Waals surface area contributed by atoms with Crippen LogP contribution in [0.5, 0.6) is 0 Å². The third kappa shape index (κ3) is 6.32. The molecule has 1 atom stereocenters. The van der Waals surface area contributed by atoms with Gasteiger partial charge in [-0.05, 0) is 61.7 Å². The van der Waals surface area contributed by atoms with E-state index >= 15 is 0 Å². The number of nitrogens with two attached hydrogens (primary N) is 1. The highest BCUT2D eigenvalue weighted by Gasteiger charge is 2.28. The first kappa shape index (κ1) is 23.3. The summed E-state index contributed by atoms with van der Waals surface area (Å²) in [5, 5.41) is 12.1. The predicted molar refractivity (Wildman–Crippen MR) is 126 cm³/mol. The van der Waals surface area contributed by atoms with Gasteiger partial charge in [-0.2, -0.15) is 5.26 Å². The highest BCUT2D eigenvalue weighted by atomic mass is 16.1. The molecule has 0 radical (unpaired) electrons. The van der Waals surface area contributed by atoms with Crippen LogP contribution < -0.4 is 16.0 Å². The Hall–Kier alpha value is -3.37. The highest BCUT2D eigenvalue weighted by molar-refractivity contribution is 5.88. The largest absolute Gasteiger partial charge is 0.370 e. The molecule has 2 aromatic rings. The molecule has 1 saturated heterocycles. The van der Waals surface area contributed by atoms with Crippen molar-refractivity contribution in [1.29, 1.82) is 5.26 Å². The number of piperidine rings is 1. The van der Waals surface area contributed by atoms with E-state index in [9.17, 15) is 14.9 Å². The molecule has 2 amide bonds.